The summed E-state index contributed by atoms with van der Waals surface area (Å²) in [6, 6.07) is 94.9. The average molecular weight is 1020 g/mol. The van der Waals surface area contributed by atoms with E-state index in [1.807, 2.05) is 0 Å². The van der Waals surface area contributed by atoms with Gasteiger partial charge >= 0.3 is 0 Å². The molecule has 2 aromatic heterocycles. The maximum atomic E-state index is 2.54. The van der Waals surface area contributed by atoms with Gasteiger partial charge in [0, 0.05) is 37.7 Å². The largest absolute Gasteiger partial charge is 0.309 e. The lowest BCUT2D eigenvalue weighted by Gasteiger charge is -2.36. The number of benzene rings is 12. The molecule has 0 aliphatic heterocycles. The summed E-state index contributed by atoms with van der Waals surface area (Å²) < 4.78 is 4.86. The van der Waals surface area contributed by atoms with Crippen LogP contribution in [-0.4, -0.2) is 9.13 Å². The molecule has 378 valence electrons. The minimum absolute atomic E-state index is 0.0326. The van der Waals surface area contributed by atoms with Crippen molar-refractivity contribution in [3.63, 3.8) is 0 Å². The van der Waals surface area contributed by atoms with Crippen LogP contribution >= 0.6 is 0 Å². The van der Waals surface area contributed by atoms with Gasteiger partial charge in [0.15, 0.2) is 0 Å². The van der Waals surface area contributed by atoms with Gasteiger partial charge in [-0.05, 0) is 151 Å². The number of fused-ring (bicyclic) bond motifs is 13. The predicted octanol–water partition coefficient (Wildman–Crippen LogP) is 21.1. The number of nitrogens with zero attached hydrogens (tertiary/aromatic N) is 2. The number of rotatable bonds is 8. The van der Waals surface area contributed by atoms with E-state index in [9.17, 15) is 0 Å². The van der Waals surface area contributed by atoms with Gasteiger partial charge in [0.2, 0.25) is 0 Å². The van der Waals surface area contributed by atoms with Crippen molar-refractivity contribution in [2.75, 3.05) is 0 Å². The molecule has 2 aliphatic carbocycles. The van der Waals surface area contributed by atoms with Crippen molar-refractivity contribution in [2.45, 2.75) is 37.5 Å². The first-order chi connectivity index (χ1) is 39.6. The van der Waals surface area contributed by atoms with E-state index < -0.39 is 0 Å². The highest BCUT2D eigenvalue weighted by Crippen LogP contribution is 2.57. The molecule has 12 aromatic carbocycles. The SMILES string of the molecule is C(=C\c1ccc2c(c1)c1ccccc1n2-c1cccc2ccccc12)/c1ccc(-c2ccc3c(c2)C2(CCCCC2)c2cc(-c4ccc(/C=C/c5ccc6c(c5)c5ccccc5n6-c5cccc6ccccc56)cc4)ccc2-3)cc1. The van der Waals surface area contributed by atoms with Crippen molar-refractivity contribution in [3.05, 3.63) is 288 Å². The van der Waals surface area contributed by atoms with Crippen LogP contribution < -0.4 is 0 Å². The molecule has 0 saturated heterocycles. The number of para-hydroxylation sites is 2. The zero-order chi connectivity index (χ0) is 52.7. The molecule has 80 heavy (non-hydrogen) atoms. The molecule has 0 amide bonds. The van der Waals surface area contributed by atoms with Crippen LogP contribution in [0.25, 0.3) is 134 Å². The highest BCUT2D eigenvalue weighted by molar-refractivity contribution is 6.13. The molecule has 2 nitrogen and oxygen atoms in total. The fourth-order valence-corrected chi connectivity index (χ4v) is 14.0. The monoisotopic (exact) mass is 1020 g/mol. The lowest BCUT2D eigenvalue weighted by Crippen LogP contribution is -2.28. The molecule has 0 radical (unpaired) electrons. The van der Waals surface area contributed by atoms with Gasteiger partial charge in [-0.1, -0.05) is 238 Å². The van der Waals surface area contributed by atoms with Crippen molar-refractivity contribution in [2.24, 2.45) is 0 Å². The normalized spacial score (nSPS) is 14.0. The fourth-order valence-electron chi connectivity index (χ4n) is 14.0. The van der Waals surface area contributed by atoms with Gasteiger partial charge in [-0.3, -0.25) is 0 Å². The van der Waals surface area contributed by atoms with Gasteiger partial charge in [0.05, 0.1) is 33.4 Å². The topological polar surface area (TPSA) is 9.86 Å². The molecule has 0 unspecified atom stereocenters. The Bertz CT molecular complexity index is 4530. The predicted molar refractivity (Wildman–Crippen MR) is 341 cm³/mol. The molecule has 1 saturated carbocycles. The van der Waals surface area contributed by atoms with Crippen LogP contribution in [0.5, 0.6) is 0 Å². The van der Waals surface area contributed by atoms with Crippen LogP contribution in [0.4, 0.5) is 0 Å². The number of aromatic nitrogens is 2. The zero-order valence-corrected chi connectivity index (χ0v) is 44.5. The Kier molecular flexibility index (Phi) is 10.8. The zero-order valence-electron chi connectivity index (χ0n) is 44.5. The second-order valence-corrected chi connectivity index (χ2v) is 22.3. The van der Waals surface area contributed by atoms with E-state index in [2.05, 4.69) is 288 Å². The summed E-state index contributed by atoms with van der Waals surface area (Å²) in [6.45, 7) is 0. The molecular weight excluding hydrogens is 965 g/mol. The van der Waals surface area contributed by atoms with Crippen molar-refractivity contribution >= 4 is 89.5 Å². The van der Waals surface area contributed by atoms with Gasteiger partial charge in [0.25, 0.3) is 0 Å². The van der Waals surface area contributed by atoms with Crippen LogP contribution in [0.2, 0.25) is 0 Å². The molecule has 1 spiro atoms. The van der Waals surface area contributed by atoms with Crippen LogP contribution in [0.1, 0.15) is 65.5 Å². The molecule has 2 heteroatoms. The molecule has 14 aromatic rings. The average Bonchev–Trinajstić information content (AvgIpc) is 4.31. The summed E-state index contributed by atoms with van der Waals surface area (Å²) in [4.78, 5) is 0. The van der Waals surface area contributed by atoms with E-state index in [0.29, 0.717) is 0 Å². The van der Waals surface area contributed by atoms with Crippen molar-refractivity contribution in [3.8, 4) is 44.8 Å². The molecule has 2 aliphatic rings. The summed E-state index contributed by atoms with van der Waals surface area (Å²) >= 11 is 0. The smallest absolute Gasteiger partial charge is 0.0541 e. The fraction of sp³-hybridized carbons (Fsp3) is 0.0769. The standard InChI is InChI=1S/C78H56N2/c1-10-46-78(47-11-1)70-50-60(56-36-30-52(31-37-56)26-28-54-34-44-76-68(48-54)66-20-6-8-22-74(66)79(76)72-24-12-16-58-14-2-4-18-62(58)72)40-42-64(70)65-43-41-61(51-71(65)78)57-38-32-53(33-39-57)27-29-55-35-45-77-69(49-55)67-21-7-9-23-75(67)80(77)73-25-13-17-59-15-3-5-19-63(59)73/h2-9,12-45,48-51H,1,10-11,46-47H2/b28-26+,29-27+. The minimum Gasteiger partial charge on any atom is -0.309 e. The molecule has 16 rings (SSSR count). The van der Waals surface area contributed by atoms with E-state index in [0.717, 1.165) is 0 Å². The number of hydrogen-bond donors (Lipinski definition) is 0. The Labute approximate surface area is 466 Å². The number of hydrogen-bond acceptors (Lipinski definition) is 0. The Morgan fingerprint density at radius 1 is 0.275 bits per heavy atom. The van der Waals surface area contributed by atoms with Crippen LogP contribution in [-0.2, 0) is 5.41 Å². The molecule has 0 N–H and O–H groups in total. The molecular formula is C78H56N2. The first-order valence-electron chi connectivity index (χ1n) is 28.5. The Balaban J connectivity index is 0.653. The van der Waals surface area contributed by atoms with Crippen LogP contribution in [0.3, 0.4) is 0 Å². The van der Waals surface area contributed by atoms with Gasteiger partial charge in [0.1, 0.15) is 0 Å². The summed E-state index contributed by atoms with van der Waals surface area (Å²) in [7, 11) is 0. The minimum atomic E-state index is 0.0326. The third-order valence-corrected chi connectivity index (χ3v) is 17.9. The quantitative estimate of drug-likeness (QED) is 0.134. The van der Waals surface area contributed by atoms with Crippen molar-refractivity contribution in [1.29, 1.82) is 0 Å². The summed E-state index contributed by atoms with van der Waals surface area (Å²) in [5.74, 6) is 0. The summed E-state index contributed by atoms with van der Waals surface area (Å²) in [5.41, 5.74) is 23.0. The summed E-state index contributed by atoms with van der Waals surface area (Å²) in [5, 5.41) is 10.1. The third-order valence-electron chi connectivity index (χ3n) is 17.9. The molecule has 1 fully saturated rings. The van der Waals surface area contributed by atoms with E-state index in [1.165, 1.54) is 175 Å². The Morgan fingerprint density at radius 3 is 1.12 bits per heavy atom. The first-order valence-corrected chi connectivity index (χ1v) is 28.5. The molecule has 0 atom stereocenters. The van der Waals surface area contributed by atoms with Gasteiger partial charge in [-0.2, -0.15) is 0 Å². The lowest BCUT2D eigenvalue weighted by atomic mass is 9.67. The maximum absolute atomic E-state index is 2.54. The highest BCUT2D eigenvalue weighted by atomic mass is 15.0. The Hall–Kier alpha value is -9.76. The molecule has 2 heterocycles. The van der Waals surface area contributed by atoms with Gasteiger partial charge in [-0.25, -0.2) is 0 Å². The maximum Gasteiger partial charge on any atom is 0.0541 e. The lowest BCUT2D eigenvalue weighted by molar-refractivity contribution is 0.353. The van der Waals surface area contributed by atoms with Gasteiger partial charge in [-0.15, -0.1) is 0 Å². The Morgan fingerprint density at radius 2 is 0.650 bits per heavy atom. The van der Waals surface area contributed by atoms with E-state index in [-0.39, 0.29) is 5.41 Å². The second kappa shape index (κ2) is 18.7. The first kappa shape index (κ1) is 46.3. The molecule has 0 bridgehead atoms. The van der Waals surface area contributed by atoms with E-state index in [4.69, 9.17) is 0 Å². The second-order valence-electron chi connectivity index (χ2n) is 22.3. The van der Waals surface area contributed by atoms with E-state index >= 15 is 0 Å². The summed E-state index contributed by atoms with van der Waals surface area (Å²) in [6.07, 6.45) is 15.2. The van der Waals surface area contributed by atoms with Crippen molar-refractivity contribution < 1.29 is 0 Å². The van der Waals surface area contributed by atoms with Gasteiger partial charge < -0.3 is 9.13 Å². The third kappa shape index (κ3) is 7.54. The van der Waals surface area contributed by atoms with Crippen molar-refractivity contribution in [1.82, 2.24) is 9.13 Å². The highest BCUT2D eigenvalue weighted by Gasteiger charge is 2.44. The van der Waals surface area contributed by atoms with Crippen LogP contribution in [0, 0.1) is 0 Å². The van der Waals surface area contributed by atoms with Crippen LogP contribution in [0.15, 0.2) is 255 Å². The van der Waals surface area contributed by atoms with E-state index in [1.54, 1.807) is 0 Å².